The summed E-state index contributed by atoms with van der Waals surface area (Å²) in [7, 11) is -3.92. The van der Waals surface area contributed by atoms with Gasteiger partial charge in [0.2, 0.25) is 11.8 Å². The van der Waals surface area contributed by atoms with E-state index in [2.05, 4.69) is 23.9 Å². The summed E-state index contributed by atoms with van der Waals surface area (Å²) in [6, 6.07) is 9.63. The molecule has 1 aliphatic heterocycles. The Hall–Kier alpha value is -3.07. The second kappa shape index (κ2) is 10.3. The van der Waals surface area contributed by atoms with E-state index in [9.17, 15) is 18.0 Å². The first-order chi connectivity index (χ1) is 16.3. The Morgan fingerprint density at radius 2 is 1.83 bits per heavy atom. The Labute approximate surface area is 208 Å². The number of fused-ring (bicyclic) bond motifs is 1. The molecule has 2 aromatic carbocycles. The summed E-state index contributed by atoms with van der Waals surface area (Å²) in [5.41, 5.74) is 1.21. The van der Waals surface area contributed by atoms with E-state index in [1.807, 2.05) is 13.8 Å². The Morgan fingerprint density at radius 1 is 1.14 bits per heavy atom. The number of aryl methyl sites for hydroxylation is 1. The van der Waals surface area contributed by atoms with Gasteiger partial charge in [-0.05, 0) is 75.1 Å². The van der Waals surface area contributed by atoms with Gasteiger partial charge in [-0.3, -0.25) is 14.3 Å². The molecule has 1 heterocycles. The predicted octanol–water partition coefficient (Wildman–Crippen LogP) is 4.94. The summed E-state index contributed by atoms with van der Waals surface area (Å²) < 4.78 is 35.0. The highest BCUT2D eigenvalue weighted by molar-refractivity contribution is 7.92. The molecule has 190 valence electrons. The van der Waals surface area contributed by atoms with Crippen molar-refractivity contribution in [1.29, 1.82) is 0 Å². The largest absolute Gasteiger partial charge is 0.490 e. The van der Waals surface area contributed by atoms with Gasteiger partial charge in [0, 0.05) is 18.7 Å². The molecule has 0 aliphatic carbocycles. The molecule has 0 unspecified atom stereocenters. The predicted molar refractivity (Wildman–Crippen MR) is 138 cm³/mol. The van der Waals surface area contributed by atoms with Crippen molar-refractivity contribution < 1.29 is 22.7 Å². The summed E-state index contributed by atoms with van der Waals surface area (Å²) in [5.74, 6) is 0.735. The van der Waals surface area contributed by atoms with E-state index in [1.165, 1.54) is 6.07 Å². The summed E-state index contributed by atoms with van der Waals surface area (Å²) in [4.78, 5) is 26.8. The number of carbonyl (C=O) groups is 2. The second-order valence-electron chi connectivity index (χ2n) is 9.98. The molecule has 0 saturated carbocycles. The normalized spacial score (nSPS) is 15.3. The zero-order valence-corrected chi connectivity index (χ0v) is 22.1. The molecule has 0 fully saturated rings. The number of carbonyl (C=O) groups excluding carboxylic acids is 2. The van der Waals surface area contributed by atoms with Crippen LogP contribution >= 0.6 is 0 Å². The molecule has 35 heavy (non-hydrogen) atoms. The first-order valence-corrected chi connectivity index (χ1v) is 13.3. The average molecular weight is 502 g/mol. The van der Waals surface area contributed by atoms with Crippen molar-refractivity contribution in [2.45, 2.75) is 59.3 Å². The van der Waals surface area contributed by atoms with Crippen molar-refractivity contribution >= 4 is 38.9 Å². The maximum absolute atomic E-state index is 13.3. The van der Waals surface area contributed by atoms with Crippen molar-refractivity contribution in [3.05, 3.63) is 42.0 Å². The van der Waals surface area contributed by atoms with Crippen LogP contribution < -0.4 is 19.7 Å². The molecular formula is C26H35N3O5S. The Morgan fingerprint density at radius 3 is 2.46 bits per heavy atom. The standard InChI is InChI=1S/C26H35N3O5S/c1-7-24(30)27-19-9-11-23(18(4)14-19)35(32,33)28-20-8-10-22-21(15-20)29(13-12-17(2)3)25(31)26(5,6)16-34-22/h8-11,14-15,17,28H,7,12-13,16H2,1-6H3,(H,27,30). The van der Waals surface area contributed by atoms with Crippen LogP contribution in [-0.2, 0) is 19.6 Å². The van der Waals surface area contributed by atoms with E-state index in [4.69, 9.17) is 4.74 Å². The van der Waals surface area contributed by atoms with Gasteiger partial charge in [-0.2, -0.15) is 0 Å². The molecule has 0 spiro atoms. The minimum atomic E-state index is -3.92. The number of hydrogen-bond donors (Lipinski definition) is 2. The average Bonchev–Trinajstić information content (AvgIpc) is 2.86. The number of rotatable bonds is 8. The second-order valence-corrected chi connectivity index (χ2v) is 11.6. The molecule has 0 bridgehead atoms. The molecule has 0 aromatic heterocycles. The van der Waals surface area contributed by atoms with E-state index in [-0.39, 0.29) is 23.3 Å². The molecule has 0 saturated heterocycles. The highest BCUT2D eigenvalue weighted by Crippen LogP contribution is 2.39. The minimum Gasteiger partial charge on any atom is -0.490 e. The number of nitrogens with one attached hydrogen (secondary N) is 2. The lowest BCUT2D eigenvalue weighted by Crippen LogP contribution is -2.42. The van der Waals surface area contributed by atoms with Gasteiger partial charge in [-0.25, -0.2) is 8.42 Å². The van der Waals surface area contributed by atoms with Crippen LogP contribution in [0.15, 0.2) is 41.3 Å². The Bertz CT molecular complexity index is 1220. The van der Waals surface area contributed by atoms with Gasteiger partial charge in [0.25, 0.3) is 10.0 Å². The lowest BCUT2D eigenvalue weighted by Gasteiger charge is -2.28. The Kier molecular flexibility index (Phi) is 7.79. The molecular weight excluding hydrogens is 466 g/mol. The molecule has 8 nitrogen and oxygen atoms in total. The third-order valence-electron chi connectivity index (χ3n) is 5.91. The van der Waals surface area contributed by atoms with Gasteiger partial charge in [0.1, 0.15) is 12.4 Å². The van der Waals surface area contributed by atoms with Crippen LogP contribution in [0.2, 0.25) is 0 Å². The number of benzene rings is 2. The molecule has 2 amide bonds. The maximum Gasteiger partial charge on any atom is 0.262 e. The highest BCUT2D eigenvalue weighted by atomic mass is 32.2. The first kappa shape index (κ1) is 26.5. The van der Waals surface area contributed by atoms with E-state index in [0.717, 1.165) is 6.42 Å². The quantitative estimate of drug-likeness (QED) is 0.533. The van der Waals surface area contributed by atoms with E-state index >= 15 is 0 Å². The third-order valence-corrected chi connectivity index (χ3v) is 7.46. The van der Waals surface area contributed by atoms with Crippen LogP contribution in [0.3, 0.4) is 0 Å². The van der Waals surface area contributed by atoms with Crippen molar-refractivity contribution in [2.24, 2.45) is 11.3 Å². The number of nitrogens with zero attached hydrogens (tertiary/aromatic N) is 1. The SMILES string of the molecule is CCC(=O)Nc1ccc(S(=O)(=O)Nc2ccc3c(c2)N(CCC(C)C)C(=O)C(C)(C)CO3)c(C)c1. The van der Waals surface area contributed by atoms with Crippen molar-refractivity contribution in [3.63, 3.8) is 0 Å². The number of sulfonamides is 1. The van der Waals surface area contributed by atoms with Crippen LogP contribution in [0.5, 0.6) is 5.75 Å². The number of amides is 2. The molecule has 0 radical (unpaired) electrons. The van der Waals surface area contributed by atoms with Gasteiger partial charge in [0.05, 0.1) is 21.7 Å². The van der Waals surface area contributed by atoms with Crippen LogP contribution in [0.1, 0.15) is 53.0 Å². The molecule has 3 rings (SSSR count). The van der Waals surface area contributed by atoms with Crippen molar-refractivity contribution in [1.82, 2.24) is 0 Å². The summed E-state index contributed by atoms with van der Waals surface area (Å²) >= 11 is 0. The molecule has 0 atom stereocenters. The molecule has 1 aliphatic rings. The van der Waals surface area contributed by atoms with E-state index in [1.54, 1.807) is 49.1 Å². The molecule has 9 heteroatoms. The smallest absolute Gasteiger partial charge is 0.262 e. The van der Waals surface area contributed by atoms with Crippen LogP contribution in [-0.4, -0.2) is 33.4 Å². The number of ether oxygens (including phenoxy) is 1. The molecule has 2 aromatic rings. The van der Waals surface area contributed by atoms with Gasteiger partial charge >= 0.3 is 0 Å². The summed E-state index contributed by atoms with van der Waals surface area (Å²) in [6.45, 7) is 12.1. The monoisotopic (exact) mass is 501 g/mol. The highest BCUT2D eigenvalue weighted by Gasteiger charge is 2.38. The number of hydrogen-bond acceptors (Lipinski definition) is 5. The fraction of sp³-hybridized carbons (Fsp3) is 0.462. The zero-order valence-electron chi connectivity index (χ0n) is 21.3. The fourth-order valence-corrected chi connectivity index (χ4v) is 5.08. The van der Waals surface area contributed by atoms with Crippen LogP contribution in [0, 0.1) is 18.3 Å². The van der Waals surface area contributed by atoms with Gasteiger partial charge in [-0.15, -0.1) is 0 Å². The summed E-state index contributed by atoms with van der Waals surface area (Å²) in [6.07, 6.45) is 1.13. The topological polar surface area (TPSA) is 105 Å². The maximum atomic E-state index is 13.3. The minimum absolute atomic E-state index is 0.0579. The van der Waals surface area contributed by atoms with Crippen LogP contribution in [0.25, 0.3) is 0 Å². The van der Waals surface area contributed by atoms with Crippen LogP contribution in [0.4, 0.5) is 17.1 Å². The summed E-state index contributed by atoms with van der Waals surface area (Å²) in [5, 5.41) is 2.73. The lowest BCUT2D eigenvalue weighted by molar-refractivity contribution is -0.127. The lowest BCUT2D eigenvalue weighted by atomic mass is 9.92. The number of anilines is 3. The van der Waals surface area contributed by atoms with Gasteiger partial charge < -0.3 is 15.0 Å². The van der Waals surface area contributed by atoms with Gasteiger partial charge in [-0.1, -0.05) is 20.8 Å². The van der Waals surface area contributed by atoms with Gasteiger partial charge in [0.15, 0.2) is 0 Å². The fourth-order valence-electron chi connectivity index (χ4n) is 3.81. The van der Waals surface area contributed by atoms with E-state index in [0.29, 0.717) is 47.3 Å². The van der Waals surface area contributed by atoms with E-state index < -0.39 is 15.4 Å². The van der Waals surface area contributed by atoms with Crippen molar-refractivity contribution in [3.8, 4) is 5.75 Å². The first-order valence-electron chi connectivity index (χ1n) is 11.9. The Balaban J connectivity index is 1.93. The zero-order chi connectivity index (χ0) is 26.0. The third kappa shape index (κ3) is 6.14. The van der Waals surface area contributed by atoms with Crippen molar-refractivity contribution in [2.75, 3.05) is 28.1 Å². The molecule has 2 N–H and O–H groups in total.